The van der Waals surface area contributed by atoms with Crippen LogP contribution in [-0.4, -0.2) is 39.2 Å². The van der Waals surface area contributed by atoms with Crippen molar-refractivity contribution in [2.24, 2.45) is 16.7 Å². The predicted molar refractivity (Wildman–Crippen MR) is 122 cm³/mol. The first-order valence-corrected chi connectivity index (χ1v) is 11.1. The maximum atomic E-state index is 13.0. The zero-order chi connectivity index (χ0) is 24.4. The zero-order valence-corrected chi connectivity index (χ0v) is 19.1. The number of hydrogen-bond donors (Lipinski definition) is 4. The van der Waals surface area contributed by atoms with Crippen LogP contribution in [0.4, 0.5) is 0 Å². The van der Waals surface area contributed by atoms with Crippen LogP contribution in [0.3, 0.4) is 0 Å². The lowest BCUT2D eigenvalue weighted by Gasteiger charge is -2.38. The number of carbonyl (C=O) groups is 3. The molecule has 1 aliphatic rings. The van der Waals surface area contributed by atoms with Crippen molar-refractivity contribution >= 4 is 17.8 Å². The zero-order valence-electron chi connectivity index (χ0n) is 19.1. The van der Waals surface area contributed by atoms with Gasteiger partial charge in [0.05, 0.1) is 5.41 Å². The van der Waals surface area contributed by atoms with Gasteiger partial charge >= 0.3 is 11.9 Å². The molecule has 0 aromatic heterocycles. The number of nitrogens with one attached hydrogen (secondary N) is 1. The fourth-order valence-electron chi connectivity index (χ4n) is 4.71. The number of aliphatic hydroxyl groups excluding tert-OH is 1. The summed E-state index contributed by atoms with van der Waals surface area (Å²) in [5.74, 6) is -3.14. The van der Waals surface area contributed by atoms with E-state index in [1.54, 1.807) is 45.0 Å². The normalized spacial score (nSPS) is 23.5. The fraction of sp³-hybridized carbons (Fsp3) is 0.423. The molecule has 1 aliphatic carbocycles. The molecular weight excluding hydrogens is 422 g/mol. The van der Waals surface area contributed by atoms with E-state index in [1.165, 1.54) is 0 Å². The van der Waals surface area contributed by atoms with Gasteiger partial charge in [-0.15, -0.1) is 0 Å². The Kier molecular flexibility index (Phi) is 6.93. The predicted octanol–water partition coefficient (Wildman–Crippen LogP) is 3.41. The number of carboxylic acid groups (broad SMARTS) is 2. The maximum Gasteiger partial charge on any atom is 0.326 e. The summed E-state index contributed by atoms with van der Waals surface area (Å²) in [6.07, 6.45) is 0.0334. The molecule has 0 heterocycles. The van der Waals surface area contributed by atoms with Crippen molar-refractivity contribution in [3.8, 4) is 0 Å². The van der Waals surface area contributed by atoms with E-state index in [2.05, 4.69) is 5.32 Å². The Morgan fingerprint density at radius 2 is 1.55 bits per heavy atom. The number of carbonyl (C=O) groups excluding carboxylic acids is 1. The van der Waals surface area contributed by atoms with Gasteiger partial charge in [0, 0.05) is 12.3 Å². The largest absolute Gasteiger partial charge is 0.481 e. The van der Waals surface area contributed by atoms with E-state index in [1.807, 2.05) is 30.3 Å². The van der Waals surface area contributed by atoms with Crippen molar-refractivity contribution in [1.82, 2.24) is 5.32 Å². The molecule has 0 spiro atoms. The van der Waals surface area contributed by atoms with Crippen LogP contribution in [0, 0.1) is 16.7 Å². The number of rotatable bonds is 8. The molecule has 0 saturated heterocycles. The van der Waals surface area contributed by atoms with Gasteiger partial charge in [-0.3, -0.25) is 9.59 Å². The highest BCUT2D eigenvalue weighted by Gasteiger charge is 2.58. The Labute approximate surface area is 193 Å². The van der Waals surface area contributed by atoms with Crippen LogP contribution in [0.15, 0.2) is 54.6 Å². The van der Waals surface area contributed by atoms with E-state index in [0.717, 1.165) is 5.56 Å². The molecule has 3 rings (SSSR count). The highest BCUT2D eigenvalue weighted by Crippen LogP contribution is 2.56. The lowest BCUT2D eigenvalue weighted by Crippen LogP contribution is -2.49. The van der Waals surface area contributed by atoms with Gasteiger partial charge in [-0.05, 0) is 41.9 Å². The smallest absolute Gasteiger partial charge is 0.326 e. The summed E-state index contributed by atoms with van der Waals surface area (Å²) in [6, 6.07) is 15.0. The second-order valence-corrected chi connectivity index (χ2v) is 9.61. The molecule has 1 fully saturated rings. The third-order valence-electron chi connectivity index (χ3n) is 7.48. The van der Waals surface area contributed by atoms with Crippen molar-refractivity contribution in [3.05, 3.63) is 71.3 Å². The Morgan fingerprint density at radius 1 is 0.970 bits per heavy atom. The van der Waals surface area contributed by atoms with Gasteiger partial charge in [-0.2, -0.15) is 0 Å². The van der Waals surface area contributed by atoms with Gasteiger partial charge in [0.25, 0.3) is 0 Å². The van der Waals surface area contributed by atoms with Crippen LogP contribution in [0.1, 0.15) is 56.4 Å². The van der Waals surface area contributed by atoms with Gasteiger partial charge < -0.3 is 20.6 Å². The van der Waals surface area contributed by atoms with E-state index >= 15 is 0 Å². The van der Waals surface area contributed by atoms with Crippen LogP contribution in [0.25, 0.3) is 0 Å². The van der Waals surface area contributed by atoms with Crippen molar-refractivity contribution < 1.29 is 29.7 Å². The molecule has 2 aromatic rings. The summed E-state index contributed by atoms with van der Waals surface area (Å²) in [5, 5.41) is 32.5. The Hall–Kier alpha value is -3.19. The molecule has 4 atom stereocenters. The number of hydrogen-bond acceptors (Lipinski definition) is 4. The first kappa shape index (κ1) is 24.5. The van der Waals surface area contributed by atoms with Crippen molar-refractivity contribution in [1.29, 1.82) is 0 Å². The second kappa shape index (κ2) is 9.35. The quantitative estimate of drug-likeness (QED) is 0.486. The number of aliphatic hydroxyl groups is 1. The van der Waals surface area contributed by atoms with E-state index in [9.17, 15) is 29.7 Å². The monoisotopic (exact) mass is 453 g/mol. The summed E-state index contributed by atoms with van der Waals surface area (Å²) in [7, 11) is 0. The van der Waals surface area contributed by atoms with Crippen LogP contribution < -0.4 is 5.32 Å². The minimum atomic E-state index is -1.16. The van der Waals surface area contributed by atoms with E-state index < -0.39 is 46.7 Å². The molecule has 1 saturated carbocycles. The molecule has 1 amide bonds. The van der Waals surface area contributed by atoms with Crippen LogP contribution in [0.5, 0.6) is 0 Å². The summed E-state index contributed by atoms with van der Waals surface area (Å²) in [5.41, 5.74) is 0.271. The molecule has 176 valence electrons. The summed E-state index contributed by atoms with van der Waals surface area (Å²) < 4.78 is 0. The SMILES string of the molecule is CC1(C)[C@@H](C(=O)N[C@@H](Cc2ccc(C(O)c3ccccc3)cc2)C(=O)O)CC[C@@]1(C)C(=O)O. The van der Waals surface area contributed by atoms with E-state index in [-0.39, 0.29) is 6.42 Å². The Bertz CT molecular complexity index is 1020. The van der Waals surface area contributed by atoms with Crippen LogP contribution >= 0.6 is 0 Å². The van der Waals surface area contributed by atoms with Gasteiger partial charge in [0.1, 0.15) is 12.1 Å². The van der Waals surface area contributed by atoms with Gasteiger partial charge in [0.2, 0.25) is 5.91 Å². The lowest BCUT2D eigenvalue weighted by atomic mass is 9.65. The third kappa shape index (κ3) is 4.78. The number of aliphatic carboxylic acids is 2. The van der Waals surface area contributed by atoms with Crippen molar-refractivity contribution in [2.45, 2.75) is 52.2 Å². The van der Waals surface area contributed by atoms with Gasteiger partial charge in [-0.25, -0.2) is 4.79 Å². The lowest BCUT2D eigenvalue weighted by molar-refractivity contribution is -0.155. The molecule has 7 heteroatoms. The molecule has 1 unspecified atom stereocenters. The molecule has 7 nitrogen and oxygen atoms in total. The van der Waals surface area contributed by atoms with Crippen LogP contribution in [0.2, 0.25) is 0 Å². The third-order valence-corrected chi connectivity index (χ3v) is 7.48. The molecule has 2 aromatic carbocycles. The standard InChI is InChI=1S/C26H31NO6/c1-25(2)19(13-14-26(25,3)24(32)33)22(29)27-20(23(30)31)15-16-9-11-18(12-10-16)21(28)17-7-5-4-6-8-17/h4-12,19-21,28H,13-15H2,1-3H3,(H,27,29)(H,30,31)(H,32,33)/t19-,20+,21?,26+/m1/s1. The molecule has 0 radical (unpaired) electrons. The van der Waals surface area contributed by atoms with Gasteiger partial charge in [0.15, 0.2) is 0 Å². The number of benzene rings is 2. The topological polar surface area (TPSA) is 124 Å². The first-order valence-electron chi connectivity index (χ1n) is 11.1. The molecule has 0 bridgehead atoms. The van der Waals surface area contributed by atoms with Crippen molar-refractivity contribution in [3.63, 3.8) is 0 Å². The number of carboxylic acids is 2. The average Bonchev–Trinajstić information content (AvgIpc) is 3.03. The summed E-state index contributed by atoms with van der Waals surface area (Å²) in [4.78, 5) is 36.6. The minimum absolute atomic E-state index is 0.0755. The molecular formula is C26H31NO6. The Balaban J connectivity index is 1.70. The highest BCUT2D eigenvalue weighted by atomic mass is 16.4. The summed E-state index contributed by atoms with van der Waals surface area (Å²) >= 11 is 0. The molecule has 4 N–H and O–H groups in total. The summed E-state index contributed by atoms with van der Waals surface area (Å²) in [6.45, 7) is 5.15. The van der Waals surface area contributed by atoms with Gasteiger partial charge in [-0.1, -0.05) is 68.4 Å². The number of amides is 1. The average molecular weight is 454 g/mol. The maximum absolute atomic E-state index is 13.0. The minimum Gasteiger partial charge on any atom is -0.481 e. The second-order valence-electron chi connectivity index (χ2n) is 9.61. The van der Waals surface area contributed by atoms with Crippen LogP contribution in [-0.2, 0) is 20.8 Å². The van der Waals surface area contributed by atoms with E-state index in [0.29, 0.717) is 24.0 Å². The fourth-order valence-corrected chi connectivity index (χ4v) is 4.71. The van der Waals surface area contributed by atoms with Crippen molar-refractivity contribution in [2.75, 3.05) is 0 Å². The Morgan fingerprint density at radius 3 is 2.06 bits per heavy atom. The van der Waals surface area contributed by atoms with E-state index in [4.69, 9.17) is 0 Å². The highest BCUT2D eigenvalue weighted by molar-refractivity contribution is 5.87. The molecule has 0 aliphatic heterocycles. The molecule has 33 heavy (non-hydrogen) atoms. The first-order chi connectivity index (χ1) is 15.5.